The molecule has 0 bridgehead atoms. The molecule has 3 aromatic heterocycles. The molecule has 140 valence electrons. The molecule has 0 fully saturated rings. The van der Waals surface area contributed by atoms with Crippen LogP contribution in [0.4, 0.5) is 0 Å². The van der Waals surface area contributed by atoms with E-state index in [1.807, 2.05) is 29.0 Å². The van der Waals surface area contributed by atoms with E-state index in [-0.39, 0.29) is 18.2 Å². The van der Waals surface area contributed by atoms with Gasteiger partial charge in [-0.25, -0.2) is 4.98 Å². The maximum atomic E-state index is 11.8. The lowest BCUT2D eigenvalue weighted by Crippen LogP contribution is -2.31. The van der Waals surface area contributed by atoms with E-state index in [0.29, 0.717) is 18.0 Å². The highest BCUT2D eigenvalue weighted by Gasteiger charge is 2.08. The van der Waals surface area contributed by atoms with Crippen LogP contribution >= 0.6 is 22.7 Å². The Kier molecular flexibility index (Phi) is 7.06. The fraction of sp³-hybridized carbons (Fsp3) is 0.263. The van der Waals surface area contributed by atoms with Gasteiger partial charge in [-0.15, -0.1) is 22.7 Å². The van der Waals surface area contributed by atoms with Crippen molar-refractivity contribution in [2.75, 3.05) is 13.1 Å². The first-order chi connectivity index (χ1) is 13.2. The van der Waals surface area contributed by atoms with E-state index in [2.05, 4.69) is 20.6 Å². The predicted octanol–water partition coefficient (Wildman–Crippen LogP) is 3.14. The van der Waals surface area contributed by atoms with Crippen LogP contribution in [0.2, 0.25) is 0 Å². The molecule has 0 saturated carbocycles. The van der Waals surface area contributed by atoms with E-state index in [1.165, 1.54) is 11.3 Å². The minimum absolute atomic E-state index is 0.0573. The Labute approximate surface area is 165 Å². The molecule has 2 N–H and O–H groups in total. The lowest BCUT2D eigenvalue weighted by Gasteiger charge is -2.05. The van der Waals surface area contributed by atoms with Crippen molar-refractivity contribution >= 4 is 34.5 Å². The molecular weight excluding hydrogens is 380 g/mol. The molecule has 0 radical (unpaired) electrons. The van der Waals surface area contributed by atoms with Crippen LogP contribution in [0.1, 0.15) is 27.5 Å². The maximum absolute atomic E-state index is 11.8. The highest BCUT2D eigenvalue weighted by atomic mass is 32.1. The molecule has 0 aliphatic heterocycles. The summed E-state index contributed by atoms with van der Waals surface area (Å²) in [5, 5.41) is 10.6. The second-order valence-electron chi connectivity index (χ2n) is 5.80. The van der Waals surface area contributed by atoms with Gasteiger partial charge in [-0.05, 0) is 30.0 Å². The van der Waals surface area contributed by atoms with E-state index in [4.69, 9.17) is 0 Å². The summed E-state index contributed by atoms with van der Waals surface area (Å²) >= 11 is 3.01. The molecule has 6 nitrogen and oxygen atoms in total. The SMILES string of the molecule is O=C(CCNC(=O)c1cccs1)NCCCc1nc(-c2ccncc2)cs1. The van der Waals surface area contributed by atoms with Crippen molar-refractivity contribution in [3.05, 3.63) is 57.3 Å². The van der Waals surface area contributed by atoms with E-state index in [1.54, 1.807) is 29.8 Å². The van der Waals surface area contributed by atoms with Gasteiger partial charge in [-0.1, -0.05) is 6.07 Å². The fourth-order valence-electron chi connectivity index (χ4n) is 2.42. The third-order valence-corrected chi connectivity index (χ3v) is 5.58. The molecule has 0 aliphatic rings. The molecule has 2 amide bonds. The molecule has 0 aliphatic carbocycles. The van der Waals surface area contributed by atoms with Crippen molar-refractivity contribution in [1.29, 1.82) is 0 Å². The summed E-state index contributed by atoms with van der Waals surface area (Å²) in [4.78, 5) is 32.9. The first-order valence-corrected chi connectivity index (χ1v) is 10.4. The number of carbonyl (C=O) groups is 2. The maximum Gasteiger partial charge on any atom is 0.261 e. The van der Waals surface area contributed by atoms with Crippen molar-refractivity contribution in [1.82, 2.24) is 20.6 Å². The molecule has 0 aromatic carbocycles. The molecule has 0 atom stereocenters. The number of carbonyl (C=O) groups excluding carboxylic acids is 2. The third-order valence-electron chi connectivity index (χ3n) is 3.80. The third kappa shape index (κ3) is 5.97. The highest BCUT2D eigenvalue weighted by Crippen LogP contribution is 2.21. The molecule has 3 rings (SSSR count). The van der Waals surface area contributed by atoms with Crippen LogP contribution in [0, 0.1) is 0 Å². The summed E-state index contributed by atoms with van der Waals surface area (Å²) < 4.78 is 0. The van der Waals surface area contributed by atoms with Gasteiger partial charge in [0.1, 0.15) is 0 Å². The fourth-order valence-corrected chi connectivity index (χ4v) is 3.91. The quantitative estimate of drug-likeness (QED) is 0.541. The summed E-state index contributed by atoms with van der Waals surface area (Å²) in [6, 6.07) is 7.47. The summed E-state index contributed by atoms with van der Waals surface area (Å²) in [7, 11) is 0. The van der Waals surface area contributed by atoms with Crippen LogP contribution in [0.25, 0.3) is 11.3 Å². The van der Waals surface area contributed by atoms with E-state index in [0.717, 1.165) is 29.1 Å². The molecule has 27 heavy (non-hydrogen) atoms. The summed E-state index contributed by atoms with van der Waals surface area (Å²) in [6.45, 7) is 0.937. The average Bonchev–Trinajstić information content (AvgIpc) is 3.38. The van der Waals surface area contributed by atoms with Crippen molar-refractivity contribution in [2.45, 2.75) is 19.3 Å². The number of hydrogen-bond donors (Lipinski definition) is 2. The summed E-state index contributed by atoms with van der Waals surface area (Å²) in [6.07, 6.45) is 5.45. The van der Waals surface area contributed by atoms with Gasteiger partial charge >= 0.3 is 0 Å². The Bertz CT molecular complexity index is 863. The number of hydrogen-bond acceptors (Lipinski definition) is 6. The number of aryl methyl sites for hydroxylation is 1. The van der Waals surface area contributed by atoms with Crippen LogP contribution in [-0.4, -0.2) is 34.9 Å². The zero-order valence-corrected chi connectivity index (χ0v) is 16.3. The topological polar surface area (TPSA) is 84.0 Å². The number of thiophene rings is 1. The monoisotopic (exact) mass is 400 g/mol. The lowest BCUT2D eigenvalue weighted by atomic mass is 10.2. The first kappa shape index (κ1) is 19.2. The number of pyridine rings is 1. The molecule has 8 heteroatoms. The normalized spacial score (nSPS) is 10.5. The Morgan fingerprint density at radius 1 is 1.04 bits per heavy atom. The smallest absolute Gasteiger partial charge is 0.261 e. The van der Waals surface area contributed by atoms with Crippen LogP contribution in [0.15, 0.2) is 47.4 Å². The van der Waals surface area contributed by atoms with Gasteiger partial charge in [0.05, 0.1) is 15.6 Å². The Balaban J connectivity index is 1.30. The number of aromatic nitrogens is 2. The Morgan fingerprint density at radius 3 is 2.67 bits per heavy atom. The van der Waals surface area contributed by atoms with Gasteiger partial charge in [0, 0.05) is 49.3 Å². The second-order valence-corrected chi connectivity index (χ2v) is 7.69. The van der Waals surface area contributed by atoms with E-state index >= 15 is 0 Å². The predicted molar refractivity (Wildman–Crippen MR) is 108 cm³/mol. The molecule has 0 unspecified atom stereocenters. The molecule has 0 saturated heterocycles. The molecule has 3 aromatic rings. The highest BCUT2D eigenvalue weighted by molar-refractivity contribution is 7.12. The van der Waals surface area contributed by atoms with Gasteiger partial charge in [0.25, 0.3) is 5.91 Å². The number of nitrogens with zero attached hydrogens (tertiary/aromatic N) is 2. The Morgan fingerprint density at radius 2 is 1.89 bits per heavy atom. The summed E-state index contributed by atoms with van der Waals surface area (Å²) in [5.41, 5.74) is 2.02. The minimum Gasteiger partial charge on any atom is -0.356 e. The number of amides is 2. The largest absolute Gasteiger partial charge is 0.356 e. The zero-order valence-electron chi connectivity index (χ0n) is 14.7. The van der Waals surface area contributed by atoms with Crippen molar-refractivity contribution in [3.63, 3.8) is 0 Å². The van der Waals surface area contributed by atoms with Gasteiger partial charge in [-0.2, -0.15) is 0 Å². The van der Waals surface area contributed by atoms with E-state index in [9.17, 15) is 9.59 Å². The van der Waals surface area contributed by atoms with Crippen LogP contribution in [0.3, 0.4) is 0 Å². The number of thiazole rings is 1. The number of rotatable bonds is 9. The second kappa shape index (κ2) is 9.94. The zero-order chi connectivity index (χ0) is 18.9. The van der Waals surface area contributed by atoms with Crippen molar-refractivity contribution in [2.24, 2.45) is 0 Å². The lowest BCUT2D eigenvalue weighted by molar-refractivity contribution is -0.120. The van der Waals surface area contributed by atoms with Gasteiger partial charge in [0.2, 0.25) is 5.91 Å². The van der Waals surface area contributed by atoms with Gasteiger partial charge < -0.3 is 10.6 Å². The molecular formula is C19H20N4O2S2. The van der Waals surface area contributed by atoms with Crippen molar-refractivity contribution < 1.29 is 9.59 Å². The average molecular weight is 401 g/mol. The first-order valence-electron chi connectivity index (χ1n) is 8.65. The van der Waals surface area contributed by atoms with Crippen LogP contribution < -0.4 is 10.6 Å². The van der Waals surface area contributed by atoms with E-state index < -0.39 is 0 Å². The van der Waals surface area contributed by atoms with Gasteiger partial charge in [-0.3, -0.25) is 14.6 Å². The molecule has 0 spiro atoms. The Hall–Kier alpha value is -2.58. The standard InChI is InChI=1S/C19H20N4O2S2/c24-17(7-11-22-19(25)16-3-2-12-26-16)21-8-1-4-18-23-15(13-27-18)14-5-9-20-10-6-14/h2-3,5-6,9-10,12-13H,1,4,7-8,11H2,(H,21,24)(H,22,25). The van der Waals surface area contributed by atoms with Gasteiger partial charge in [0.15, 0.2) is 0 Å². The van der Waals surface area contributed by atoms with Crippen LogP contribution in [-0.2, 0) is 11.2 Å². The number of nitrogens with one attached hydrogen (secondary N) is 2. The van der Waals surface area contributed by atoms with Crippen LogP contribution in [0.5, 0.6) is 0 Å². The van der Waals surface area contributed by atoms with Crippen molar-refractivity contribution in [3.8, 4) is 11.3 Å². The molecule has 3 heterocycles. The minimum atomic E-state index is -0.133. The summed E-state index contributed by atoms with van der Waals surface area (Å²) in [5.74, 6) is -0.190.